The van der Waals surface area contributed by atoms with Gasteiger partial charge in [0, 0.05) is 17.3 Å². The lowest BCUT2D eigenvalue weighted by atomic mass is 10.2. The third-order valence-electron chi connectivity index (χ3n) is 2.13. The van der Waals surface area contributed by atoms with E-state index >= 15 is 0 Å². The summed E-state index contributed by atoms with van der Waals surface area (Å²) in [7, 11) is 0. The van der Waals surface area contributed by atoms with E-state index in [1.54, 1.807) is 37.5 Å². The Balaban J connectivity index is 2.17. The van der Waals surface area contributed by atoms with E-state index in [4.69, 9.17) is 11.6 Å². The Morgan fingerprint density at radius 1 is 1.29 bits per heavy atom. The number of nitrogens with zero attached hydrogens (tertiary/aromatic N) is 2. The highest BCUT2D eigenvalue weighted by molar-refractivity contribution is 7.99. The zero-order chi connectivity index (χ0) is 12.3. The number of hydrogen-bond acceptors (Lipinski definition) is 4. The molecule has 3 nitrogen and oxygen atoms in total. The van der Waals surface area contributed by atoms with E-state index < -0.39 is 6.10 Å². The Hall–Kier alpha value is -1.10. The molecule has 5 heteroatoms. The van der Waals surface area contributed by atoms with E-state index in [0.717, 1.165) is 9.92 Å². The van der Waals surface area contributed by atoms with Gasteiger partial charge in [0.15, 0.2) is 0 Å². The summed E-state index contributed by atoms with van der Waals surface area (Å²) in [6, 6.07) is 7.28. The average Bonchev–Trinajstić information content (AvgIpc) is 2.33. The molecule has 0 aliphatic rings. The maximum absolute atomic E-state index is 9.35. The minimum absolute atomic E-state index is 0.549. The van der Waals surface area contributed by atoms with Crippen LogP contribution >= 0.6 is 23.4 Å². The van der Waals surface area contributed by atoms with Crippen molar-refractivity contribution in [2.45, 2.75) is 22.9 Å². The SMILES string of the molecule is CC(O)c1ccc(Sc2ncccc2Cl)cn1. The van der Waals surface area contributed by atoms with Crippen LogP contribution in [0.1, 0.15) is 18.7 Å². The fraction of sp³-hybridized carbons (Fsp3) is 0.167. The molecule has 0 bridgehead atoms. The average molecular weight is 267 g/mol. The monoisotopic (exact) mass is 266 g/mol. The third-order valence-corrected chi connectivity index (χ3v) is 3.54. The Bertz CT molecular complexity index is 502. The highest BCUT2D eigenvalue weighted by Crippen LogP contribution is 2.30. The van der Waals surface area contributed by atoms with Crippen LogP contribution in [0.3, 0.4) is 0 Å². The molecular weight excluding hydrogens is 256 g/mol. The molecule has 0 aliphatic heterocycles. The van der Waals surface area contributed by atoms with Gasteiger partial charge in [0.1, 0.15) is 5.03 Å². The number of hydrogen-bond donors (Lipinski definition) is 1. The number of rotatable bonds is 3. The molecule has 0 saturated heterocycles. The largest absolute Gasteiger partial charge is 0.387 e. The fourth-order valence-corrected chi connectivity index (χ4v) is 2.24. The van der Waals surface area contributed by atoms with Crippen molar-refractivity contribution in [3.8, 4) is 0 Å². The molecule has 2 rings (SSSR count). The van der Waals surface area contributed by atoms with Crippen molar-refractivity contribution in [1.29, 1.82) is 0 Å². The first kappa shape index (κ1) is 12.4. The topological polar surface area (TPSA) is 46.0 Å². The molecule has 2 aromatic rings. The van der Waals surface area contributed by atoms with Gasteiger partial charge in [0.05, 0.1) is 16.8 Å². The molecule has 2 aromatic heterocycles. The molecule has 0 amide bonds. The minimum Gasteiger partial charge on any atom is -0.387 e. The van der Waals surface area contributed by atoms with Gasteiger partial charge >= 0.3 is 0 Å². The Morgan fingerprint density at radius 2 is 2.12 bits per heavy atom. The number of pyridine rings is 2. The summed E-state index contributed by atoms with van der Waals surface area (Å²) in [5, 5.41) is 10.7. The lowest BCUT2D eigenvalue weighted by Crippen LogP contribution is -1.94. The molecule has 0 aromatic carbocycles. The van der Waals surface area contributed by atoms with Gasteiger partial charge in [-0.25, -0.2) is 4.98 Å². The van der Waals surface area contributed by atoms with Gasteiger partial charge in [-0.1, -0.05) is 23.4 Å². The second-order valence-electron chi connectivity index (χ2n) is 3.49. The van der Waals surface area contributed by atoms with Crippen molar-refractivity contribution >= 4 is 23.4 Å². The Morgan fingerprint density at radius 3 is 2.71 bits per heavy atom. The molecule has 0 saturated carbocycles. The second kappa shape index (κ2) is 5.49. The van der Waals surface area contributed by atoms with E-state index in [1.807, 2.05) is 6.07 Å². The standard InChI is InChI=1S/C12H11ClN2OS/c1-8(16)11-5-4-9(7-15-11)17-12-10(13)3-2-6-14-12/h2-8,16H,1H3. The van der Waals surface area contributed by atoms with Crippen LogP contribution in [-0.4, -0.2) is 15.1 Å². The van der Waals surface area contributed by atoms with Crippen molar-refractivity contribution < 1.29 is 5.11 Å². The highest BCUT2D eigenvalue weighted by Gasteiger charge is 2.05. The number of aliphatic hydroxyl groups is 1. The third kappa shape index (κ3) is 3.19. The molecule has 0 radical (unpaired) electrons. The minimum atomic E-state index is -0.549. The zero-order valence-corrected chi connectivity index (χ0v) is 10.7. The van der Waals surface area contributed by atoms with Crippen LogP contribution in [0, 0.1) is 0 Å². The van der Waals surface area contributed by atoms with E-state index in [-0.39, 0.29) is 0 Å². The Kier molecular flexibility index (Phi) is 3.99. The highest BCUT2D eigenvalue weighted by atomic mass is 35.5. The summed E-state index contributed by atoms with van der Waals surface area (Å²) in [5.41, 5.74) is 0.654. The zero-order valence-electron chi connectivity index (χ0n) is 9.17. The van der Waals surface area contributed by atoms with E-state index in [1.165, 1.54) is 11.8 Å². The summed E-state index contributed by atoms with van der Waals surface area (Å²) in [6.45, 7) is 1.69. The van der Waals surface area contributed by atoms with Gasteiger partial charge < -0.3 is 5.11 Å². The summed E-state index contributed by atoms with van der Waals surface area (Å²) in [5.74, 6) is 0. The van der Waals surface area contributed by atoms with Crippen LogP contribution in [0.5, 0.6) is 0 Å². The van der Waals surface area contributed by atoms with Crippen molar-refractivity contribution in [1.82, 2.24) is 9.97 Å². The molecule has 17 heavy (non-hydrogen) atoms. The van der Waals surface area contributed by atoms with Crippen molar-refractivity contribution in [2.75, 3.05) is 0 Å². The quantitative estimate of drug-likeness (QED) is 0.926. The van der Waals surface area contributed by atoms with Gasteiger partial charge in [-0.2, -0.15) is 0 Å². The summed E-state index contributed by atoms with van der Waals surface area (Å²) in [6.07, 6.45) is 2.86. The molecule has 88 valence electrons. The fourth-order valence-electron chi connectivity index (χ4n) is 1.26. The van der Waals surface area contributed by atoms with Crippen LogP contribution in [-0.2, 0) is 0 Å². The predicted molar refractivity (Wildman–Crippen MR) is 68.2 cm³/mol. The lowest BCUT2D eigenvalue weighted by molar-refractivity contribution is 0.194. The van der Waals surface area contributed by atoms with Crippen molar-refractivity contribution in [2.24, 2.45) is 0 Å². The number of halogens is 1. The van der Waals surface area contributed by atoms with Crippen LogP contribution in [0.2, 0.25) is 5.02 Å². The first-order valence-electron chi connectivity index (χ1n) is 5.09. The molecule has 1 atom stereocenters. The maximum Gasteiger partial charge on any atom is 0.119 e. The van der Waals surface area contributed by atoms with Crippen molar-refractivity contribution in [3.63, 3.8) is 0 Å². The molecule has 2 heterocycles. The number of aliphatic hydroxyl groups excluding tert-OH is 1. The van der Waals surface area contributed by atoms with E-state index in [0.29, 0.717) is 10.7 Å². The lowest BCUT2D eigenvalue weighted by Gasteiger charge is -2.05. The van der Waals surface area contributed by atoms with E-state index in [2.05, 4.69) is 9.97 Å². The predicted octanol–water partition coefficient (Wildman–Crippen LogP) is 3.33. The number of aromatic nitrogens is 2. The summed E-state index contributed by atoms with van der Waals surface area (Å²) >= 11 is 7.46. The van der Waals surface area contributed by atoms with Gasteiger partial charge in [0.2, 0.25) is 0 Å². The van der Waals surface area contributed by atoms with Crippen LogP contribution in [0.4, 0.5) is 0 Å². The van der Waals surface area contributed by atoms with Crippen LogP contribution < -0.4 is 0 Å². The first-order valence-corrected chi connectivity index (χ1v) is 6.28. The van der Waals surface area contributed by atoms with Gasteiger partial charge in [-0.05, 0) is 31.2 Å². The van der Waals surface area contributed by atoms with Gasteiger partial charge in [-0.15, -0.1) is 0 Å². The summed E-state index contributed by atoms with van der Waals surface area (Å²) in [4.78, 5) is 9.29. The maximum atomic E-state index is 9.35. The Labute approximate surface area is 109 Å². The second-order valence-corrected chi connectivity index (χ2v) is 4.96. The normalized spacial score (nSPS) is 12.4. The van der Waals surface area contributed by atoms with E-state index in [9.17, 15) is 5.11 Å². The molecule has 1 unspecified atom stereocenters. The smallest absolute Gasteiger partial charge is 0.119 e. The molecular formula is C12H11ClN2OS. The van der Waals surface area contributed by atoms with Crippen LogP contribution in [0.25, 0.3) is 0 Å². The summed E-state index contributed by atoms with van der Waals surface area (Å²) < 4.78 is 0. The first-order chi connectivity index (χ1) is 8.16. The molecule has 0 fully saturated rings. The molecule has 0 aliphatic carbocycles. The van der Waals surface area contributed by atoms with Crippen LogP contribution in [0.15, 0.2) is 46.6 Å². The van der Waals surface area contributed by atoms with Crippen molar-refractivity contribution in [3.05, 3.63) is 47.4 Å². The molecule has 1 N–H and O–H groups in total. The van der Waals surface area contributed by atoms with Gasteiger partial charge in [-0.3, -0.25) is 4.98 Å². The molecule has 0 spiro atoms. The van der Waals surface area contributed by atoms with Gasteiger partial charge in [0.25, 0.3) is 0 Å².